The third-order valence-electron chi connectivity index (χ3n) is 1.93. The van der Waals surface area contributed by atoms with Gasteiger partial charge in [-0.1, -0.05) is 0 Å². The van der Waals surface area contributed by atoms with Crippen molar-refractivity contribution in [3.05, 3.63) is 23.2 Å². The van der Waals surface area contributed by atoms with Crippen LogP contribution in [0.1, 0.15) is 5.56 Å². The topological polar surface area (TPSA) is 22.1 Å². The second kappa shape index (κ2) is 2.75. The Morgan fingerprint density at radius 3 is 3.00 bits per heavy atom. The number of methoxy groups -OCH3 is 1. The lowest BCUT2D eigenvalue weighted by molar-refractivity contribution is 0.412. The van der Waals surface area contributed by atoms with Crippen molar-refractivity contribution in [3.63, 3.8) is 0 Å². The van der Waals surface area contributed by atoms with Crippen molar-refractivity contribution >= 4 is 21.6 Å². The van der Waals surface area contributed by atoms with Gasteiger partial charge in [0.15, 0.2) is 0 Å². The Hall–Kier alpha value is -1.09. The zero-order valence-electron chi connectivity index (χ0n) is 7.00. The Labute approximate surface area is 74.8 Å². The van der Waals surface area contributed by atoms with Crippen LogP contribution in [-0.4, -0.2) is 12.1 Å². The van der Waals surface area contributed by atoms with Gasteiger partial charge in [-0.15, -0.1) is 11.3 Å². The molecule has 0 unspecified atom stereocenters. The third-order valence-corrected chi connectivity index (χ3v) is 2.72. The van der Waals surface area contributed by atoms with Crippen LogP contribution >= 0.6 is 11.3 Å². The first-order valence-electron chi connectivity index (χ1n) is 3.69. The molecule has 0 aliphatic carbocycles. The summed E-state index contributed by atoms with van der Waals surface area (Å²) in [5.74, 6) is 0.911. The van der Waals surface area contributed by atoms with Crippen LogP contribution in [0.2, 0.25) is 0 Å². The molecule has 2 rings (SSSR count). The van der Waals surface area contributed by atoms with E-state index >= 15 is 0 Å². The van der Waals surface area contributed by atoms with E-state index in [4.69, 9.17) is 4.74 Å². The fourth-order valence-corrected chi connectivity index (χ4v) is 2.01. The van der Waals surface area contributed by atoms with E-state index in [1.807, 2.05) is 24.6 Å². The first-order chi connectivity index (χ1) is 5.83. The second-order valence-corrected chi connectivity index (χ2v) is 3.48. The lowest BCUT2D eigenvalue weighted by Crippen LogP contribution is -1.86. The van der Waals surface area contributed by atoms with Crippen molar-refractivity contribution in [1.29, 1.82) is 0 Å². The number of aryl methyl sites for hydroxylation is 1. The number of ether oxygens (including phenoxy) is 1. The number of nitrogens with zero attached hydrogens (tertiary/aromatic N) is 1. The van der Waals surface area contributed by atoms with Gasteiger partial charge in [-0.3, -0.25) is 0 Å². The zero-order valence-corrected chi connectivity index (χ0v) is 7.81. The predicted molar refractivity (Wildman–Crippen MR) is 50.9 cm³/mol. The molecular formula is C9H9NOS. The molecule has 12 heavy (non-hydrogen) atoms. The van der Waals surface area contributed by atoms with Crippen molar-refractivity contribution in [2.24, 2.45) is 0 Å². The van der Waals surface area contributed by atoms with E-state index in [1.165, 1.54) is 4.70 Å². The van der Waals surface area contributed by atoms with E-state index in [-0.39, 0.29) is 0 Å². The smallest absolute Gasteiger partial charge is 0.124 e. The summed E-state index contributed by atoms with van der Waals surface area (Å²) >= 11 is 1.65. The maximum absolute atomic E-state index is 5.19. The van der Waals surface area contributed by atoms with E-state index in [2.05, 4.69) is 4.98 Å². The van der Waals surface area contributed by atoms with Crippen LogP contribution in [-0.2, 0) is 0 Å². The number of rotatable bonds is 1. The molecule has 0 atom stereocenters. The number of thiazole rings is 1. The molecule has 0 N–H and O–H groups in total. The summed E-state index contributed by atoms with van der Waals surface area (Å²) in [5, 5.41) is 0. The Bertz CT molecular complexity index is 408. The molecule has 1 aromatic carbocycles. The Kier molecular flexibility index (Phi) is 1.73. The van der Waals surface area contributed by atoms with Gasteiger partial charge in [0.2, 0.25) is 0 Å². The van der Waals surface area contributed by atoms with E-state index < -0.39 is 0 Å². The normalized spacial score (nSPS) is 10.5. The van der Waals surface area contributed by atoms with E-state index in [1.54, 1.807) is 18.4 Å². The van der Waals surface area contributed by atoms with Crippen molar-refractivity contribution in [2.45, 2.75) is 6.92 Å². The van der Waals surface area contributed by atoms with Crippen molar-refractivity contribution in [3.8, 4) is 5.75 Å². The molecule has 0 bridgehead atoms. The molecule has 2 aromatic rings. The predicted octanol–water partition coefficient (Wildman–Crippen LogP) is 2.61. The first-order valence-corrected chi connectivity index (χ1v) is 4.57. The van der Waals surface area contributed by atoms with Crippen LogP contribution in [0, 0.1) is 6.92 Å². The monoisotopic (exact) mass is 179 g/mol. The fraction of sp³-hybridized carbons (Fsp3) is 0.222. The van der Waals surface area contributed by atoms with Crippen molar-refractivity contribution in [1.82, 2.24) is 4.98 Å². The summed E-state index contributed by atoms with van der Waals surface area (Å²) < 4.78 is 6.40. The lowest BCUT2D eigenvalue weighted by atomic mass is 10.2. The molecule has 2 nitrogen and oxygen atoms in total. The molecule has 1 heterocycles. The molecular weight excluding hydrogens is 170 g/mol. The van der Waals surface area contributed by atoms with Gasteiger partial charge >= 0.3 is 0 Å². The Morgan fingerprint density at radius 1 is 1.42 bits per heavy atom. The average molecular weight is 179 g/mol. The van der Waals surface area contributed by atoms with E-state index in [9.17, 15) is 0 Å². The highest BCUT2D eigenvalue weighted by atomic mass is 32.1. The Balaban J connectivity index is 2.78. The summed E-state index contributed by atoms with van der Waals surface area (Å²) in [6.07, 6.45) is 0. The molecule has 0 spiro atoms. The largest absolute Gasteiger partial charge is 0.496 e. The zero-order chi connectivity index (χ0) is 8.55. The summed E-state index contributed by atoms with van der Waals surface area (Å²) in [6, 6.07) is 4.02. The van der Waals surface area contributed by atoms with Crippen LogP contribution < -0.4 is 4.74 Å². The van der Waals surface area contributed by atoms with Crippen LogP contribution in [0.5, 0.6) is 5.75 Å². The van der Waals surface area contributed by atoms with Gasteiger partial charge < -0.3 is 4.74 Å². The minimum atomic E-state index is 0.911. The van der Waals surface area contributed by atoms with Gasteiger partial charge in [0.25, 0.3) is 0 Å². The summed E-state index contributed by atoms with van der Waals surface area (Å²) in [4.78, 5) is 4.27. The Morgan fingerprint density at radius 2 is 2.25 bits per heavy atom. The van der Waals surface area contributed by atoms with Gasteiger partial charge in [0.05, 0.1) is 22.8 Å². The SMILES string of the molecule is COc1ccc2scnc2c1C. The van der Waals surface area contributed by atoms with Crippen LogP contribution in [0.3, 0.4) is 0 Å². The van der Waals surface area contributed by atoms with E-state index in [0.29, 0.717) is 0 Å². The van der Waals surface area contributed by atoms with Crippen molar-refractivity contribution < 1.29 is 4.74 Å². The van der Waals surface area contributed by atoms with Crippen molar-refractivity contribution in [2.75, 3.05) is 7.11 Å². The molecule has 0 amide bonds. The molecule has 3 heteroatoms. The minimum Gasteiger partial charge on any atom is -0.496 e. The fourth-order valence-electron chi connectivity index (χ4n) is 1.27. The molecule has 62 valence electrons. The van der Waals surface area contributed by atoms with Crippen LogP contribution in [0.4, 0.5) is 0 Å². The number of aromatic nitrogens is 1. The standard InChI is InChI=1S/C9H9NOS/c1-6-7(11-2)3-4-8-9(6)10-5-12-8/h3-5H,1-2H3. The number of fused-ring (bicyclic) bond motifs is 1. The van der Waals surface area contributed by atoms with E-state index in [0.717, 1.165) is 16.8 Å². The average Bonchev–Trinajstić information content (AvgIpc) is 2.53. The number of benzene rings is 1. The van der Waals surface area contributed by atoms with Gasteiger partial charge in [0, 0.05) is 5.56 Å². The molecule has 0 saturated carbocycles. The summed E-state index contributed by atoms with van der Waals surface area (Å²) in [5.41, 5.74) is 4.03. The number of hydrogen-bond donors (Lipinski definition) is 0. The third kappa shape index (κ3) is 0.975. The highest BCUT2D eigenvalue weighted by Crippen LogP contribution is 2.27. The van der Waals surface area contributed by atoms with Gasteiger partial charge in [-0.2, -0.15) is 0 Å². The second-order valence-electron chi connectivity index (χ2n) is 2.59. The van der Waals surface area contributed by atoms with Crippen LogP contribution in [0.25, 0.3) is 10.2 Å². The quantitative estimate of drug-likeness (QED) is 0.671. The molecule has 0 radical (unpaired) electrons. The summed E-state index contributed by atoms with van der Waals surface area (Å²) in [7, 11) is 1.68. The highest BCUT2D eigenvalue weighted by molar-refractivity contribution is 7.16. The maximum atomic E-state index is 5.19. The molecule has 1 aromatic heterocycles. The van der Waals surface area contributed by atoms with Gasteiger partial charge in [0.1, 0.15) is 5.75 Å². The maximum Gasteiger partial charge on any atom is 0.124 e. The highest BCUT2D eigenvalue weighted by Gasteiger charge is 2.04. The lowest BCUT2D eigenvalue weighted by Gasteiger charge is -2.03. The molecule has 0 fully saturated rings. The molecule has 0 aliphatic rings. The van der Waals surface area contributed by atoms with Gasteiger partial charge in [-0.05, 0) is 19.1 Å². The van der Waals surface area contributed by atoms with Gasteiger partial charge in [-0.25, -0.2) is 4.98 Å². The minimum absolute atomic E-state index is 0.911. The first kappa shape index (κ1) is 7.55. The number of hydrogen-bond acceptors (Lipinski definition) is 3. The summed E-state index contributed by atoms with van der Waals surface area (Å²) in [6.45, 7) is 2.03. The molecule has 0 aliphatic heterocycles. The van der Waals surface area contributed by atoms with Crippen LogP contribution in [0.15, 0.2) is 17.6 Å². The molecule has 0 saturated heterocycles.